The number of hydrogen-bond donors (Lipinski definition) is 1. The summed E-state index contributed by atoms with van der Waals surface area (Å²) in [4.78, 5) is 22.2. The minimum atomic E-state index is -0.164. The molecule has 1 aromatic heterocycles. The minimum Gasteiger partial charge on any atom is -0.296 e. The molecule has 0 unspecified atom stereocenters. The Kier molecular flexibility index (Phi) is 5.45. The molecular weight excluding hydrogens is 350 g/mol. The van der Waals surface area contributed by atoms with Gasteiger partial charge in [-0.1, -0.05) is 60.7 Å². The van der Waals surface area contributed by atoms with Crippen molar-refractivity contribution in [1.82, 2.24) is 15.0 Å². The number of fused-ring (bicyclic) bond motifs is 1. The average Bonchev–Trinajstić information content (AvgIpc) is 3.12. The Morgan fingerprint density at radius 2 is 1.57 bits per heavy atom. The molecule has 0 aliphatic carbocycles. The molecule has 0 spiro atoms. The molecule has 28 heavy (non-hydrogen) atoms. The monoisotopic (exact) mass is 371 g/mol. The minimum absolute atomic E-state index is 0.164. The number of rotatable bonds is 7. The van der Waals surface area contributed by atoms with Crippen molar-refractivity contribution in [3.63, 3.8) is 0 Å². The normalized spacial score (nSPS) is 10.9. The van der Waals surface area contributed by atoms with Gasteiger partial charge in [0.05, 0.1) is 17.6 Å². The summed E-state index contributed by atoms with van der Waals surface area (Å²) >= 11 is 0. The van der Waals surface area contributed by atoms with Crippen LogP contribution in [0.15, 0.2) is 84.9 Å². The molecular formula is C23H21N3O2. The zero-order valence-corrected chi connectivity index (χ0v) is 15.4. The number of para-hydroxylation sites is 3. The SMILES string of the molecule is O=C(CCc1nc2ccccc2n1-c1ccccc1)NOCc1ccccc1. The zero-order valence-electron chi connectivity index (χ0n) is 15.4. The largest absolute Gasteiger partial charge is 0.296 e. The molecule has 1 N–H and O–H groups in total. The Morgan fingerprint density at radius 1 is 0.893 bits per heavy atom. The van der Waals surface area contributed by atoms with Gasteiger partial charge >= 0.3 is 0 Å². The maximum atomic E-state index is 12.2. The summed E-state index contributed by atoms with van der Waals surface area (Å²) in [5.41, 5.74) is 6.51. The van der Waals surface area contributed by atoms with E-state index in [9.17, 15) is 4.79 Å². The van der Waals surface area contributed by atoms with Gasteiger partial charge in [-0.15, -0.1) is 0 Å². The van der Waals surface area contributed by atoms with Crippen molar-refractivity contribution in [2.24, 2.45) is 0 Å². The number of carbonyl (C=O) groups excluding carboxylic acids is 1. The average molecular weight is 371 g/mol. The van der Waals surface area contributed by atoms with Gasteiger partial charge in [-0.2, -0.15) is 0 Å². The lowest BCUT2D eigenvalue weighted by atomic mass is 10.2. The van der Waals surface area contributed by atoms with Gasteiger partial charge in [0.1, 0.15) is 5.82 Å². The molecule has 1 amide bonds. The van der Waals surface area contributed by atoms with Crippen LogP contribution in [0.1, 0.15) is 17.8 Å². The van der Waals surface area contributed by atoms with E-state index in [1.165, 1.54) is 0 Å². The fraction of sp³-hybridized carbons (Fsp3) is 0.130. The highest BCUT2D eigenvalue weighted by atomic mass is 16.6. The number of nitrogens with one attached hydrogen (secondary N) is 1. The summed E-state index contributed by atoms with van der Waals surface area (Å²) < 4.78 is 2.10. The van der Waals surface area contributed by atoms with Gasteiger partial charge in [0, 0.05) is 18.5 Å². The molecule has 0 saturated carbocycles. The number of benzene rings is 3. The number of nitrogens with zero attached hydrogens (tertiary/aromatic N) is 2. The first kappa shape index (κ1) is 17.9. The van der Waals surface area contributed by atoms with Crippen molar-refractivity contribution in [1.29, 1.82) is 0 Å². The molecule has 0 atom stereocenters. The topological polar surface area (TPSA) is 56.2 Å². The molecule has 4 rings (SSSR count). The first-order valence-corrected chi connectivity index (χ1v) is 9.27. The second-order valence-corrected chi connectivity index (χ2v) is 6.49. The van der Waals surface area contributed by atoms with Crippen LogP contribution in [0.25, 0.3) is 16.7 Å². The maximum absolute atomic E-state index is 12.2. The number of imidazole rings is 1. The van der Waals surface area contributed by atoms with Crippen LogP contribution in [-0.2, 0) is 22.7 Å². The van der Waals surface area contributed by atoms with Crippen LogP contribution in [0.2, 0.25) is 0 Å². The molecule has 0 fully saturated rings. The lowest BCUT2D eigenvalue weighted by Crippen LogP contribution is -2.24. The lowest BCUT2D eigenvalue weighted by Gasteiger charge is -2.10. The molecule has 140 valence electrons. The van der Waals surface area contributed by atoms with Crippen molar-refractivity contribution >= 4 is 16.9 Å². The zero-order chi connectivity index (χ0) is 19.2. The van der Waals surface area contributed by atoms with Crippen molar-refractivity contribution < 1.29 is 9.63 Å². The molecule has 0 radical (unpaired) electrons. The van der Waals surface area contributed by atoms with Gasteiger partial charge in [-0.25, -0.2) is 10.5 Å². The van der Waals surface area contributed by atoms with Crippen molar-refractivity contribution in [2.45, 2.75) is 19.4 Å². The standard InChI is InChI=1S/C23H21N3O2/c27-23(25-28-17-18-9-3-1-4-10-18)16-15-22-24-20-13-7-8-14-21(20)26(22)19-11-5-2-6-12-19/h1-14H,15-17H2,(H,25,27). The molecule has 0 bridgehead atoms. The first-order valence-electron chi connectivity index (χ1n) is 9.27. The highest BCUT2D eigenvalue weighted by molar-refractivity contribution is 5.79. The molecule has 0 saturated heterocycles. The predicted octanol–water partition coefficient (Wildman–Crippen LogP) is 4.21. The van der Waals surface area contributed by atoms with Crippen molar-refractivity contribution in [2.75, 3.05) is 0 Å². The van der Waals surface area contributed by atoms with Crippen LogP contribution in [0.3, 0.4) is 0 Å². The number of hydrogen-bond acceptors (Lipinski definition) is 3. The first-order chi connectivity index (χ1) is 13.8. The van der Waals surface area contributed by atoms with E-state index >= 15 is 0 Å². The summed E-state index contributed by atoms with van der Waals surface area (Å²) in [6, 6.07) is 27.8. The van der Waals surface area contributed by atoms with Gasteiger partial charge in [0.15, 0.2) is 0 Å². The number of aromatic nitrogens is 2. The molecule has 0 aliphatic rings. The molecule has 5 nitrogen and oxygen atoms in total. The van der Waals surface area contributed by atoms with Crippen LogP contribution < -0.4 is 5.48 Å². The van der Waals surface area contributed by atoms with E-state index in [1.54, 1.807) is 0 Å². The third-order valence-corrected chi connectivity index (χ3v) is 4.49. The second kappa shape index (κ2) is 8.50. The van der Waals surface area contributed by atoms with Crippen molar-refractivity contribution in [3.8, 4) is 5.69 Å². The fourth-order valence-corrected chi connectivity index (χ4v) is 3.16. The maximum Gasteiger partial charge on any atom is 0.243 e. The Morgan fingerprint density at radius 3 is 2.36 bits per heavy atom. The molecule has 4 aromatic rings. The Balaban J connectivity index is 1.44. The molecule has 5 heteroatoms. The van der Waals surface area contributed by atoms with E-state index in [1.807, 2.05) is 84.9 Å². The third kappa shape index (κ3) is 4.10. The highest BCUT2D eigenvalue weighted by Gasteiger charge is 2.13. The Labute approximate surface area is 163 Å². The van der Waals surface area contributed by atoms with E-state index in [-0.39, 0.29) is 5.91 Å². The number of aryl methyl sites for hydroxylation is 1. The van der Waals surface area contributed by atoms with Crippen LogP contribution in [0, 0.1) is 0 Å². The summed E-state index contributed by atoms with van der Waals surface area (Å²) in [6.07, 6.45) is 0.815. The van der Waals surface area contributed by atoms with Gasteiger partial charge in [-0.3, -0.25) is 14.2 Å². The van der Waals surface area contributed by atoms with Crippen molar-refractivity contribution in [3.05, 3.63) is 96.3 Å². The van der Waals surface area contributed by atoms with Crippen LogP contribution in [0.5, 0.6) is 0 Å². The lowest BCUT2D eigenvalue weighted by molar-refractivity contribution is -0.134. The predicted molar refractivity (Wildman–Crippen MR) is 109 cm³/mol. The van der Waals surface area contributed by atoms with Gasteiger partial charge < -0.3 is 0 Å². The molecule has 0 aliphatic heterocycles. The number of carbonyl (C=O) groups is 1. The van der Waals surface area contributed by atoms with E-state index in [4.69, 9.17) is 9.82 Å². The van der Waals surface area contributed by atoms with Crippen LogP contribution in [-0.4, -0.2) is 15.5 Å². The summed E-state index contributed by atoms with van der Waals surface area (Å²) in [6.45, 7) is 0.342. The van der Waals surface area contributed by atoms with Gasteiger partial charge in [0.2, 0.25) is 5.91 Å². The highest BCUT2D eigenvalue weighted by Crippen LogP contribution is 2.22. The van der Waals surface area contributed by atoms with Gasteiger partial charge in [0.25, 0.3) is 0 Å². The van der Waals surface area contributed by atoms with E-state index in [0.29, 0.717) is 19.4 Å². The summed E-state index contributed by atoms with van der Waals surface area (Å²) in [7, 11) is 0. The Bertz CT molecular complexity index is 1060. The number of amides is 1. The third-order valence-electron chi connectivity index (χ3n) is 4.49. The Hall–Kier alpha value is -3.44. The van der Waals surface area contributed by atoms with E-state index in [0.717, 1.165) is 28.1 Å². The van der Waals surface area contributed by atoms with E-state index in [2.05, 4.69) is 10.0 Å². The smallest absolute Gasteiger partial charge is 0.243 e. The fourth-order valence-electron chi connectivity index (χ4n) is 3.16. The van der Waals surface area contributed by atoms with E-state index < -0.39 is 0 Å². The quantitative estimate of drug-likeness (QED) is 0.495. The van der Waals surface area contributed by atoms with Crippen LogP contribution in [0.4, 0.5) is 0 Å². The molecule has 3 aromatic carbocycles. The number of hydroxylamine groups is 1. The van der Waals surface area contributed by atoms with Gasteiger partial charge in [-0.05, 0) is 29.8 Å². The summed E-state index contributed by atoms with van der Waals surface area (Å²) in [5, 5.41) is 0. The van der Waals surface area contributed by atoms with Crippen LogP contribution >= 0.6 is 0 Å². The second-order valence-electron chi connectivity index (χ2n) is 6.49. The summed E-state index contributed by atoms with van der Waals surface area (Å²) in [5.74, 6) is 0.688. The molecule has 1 heterocycles.